The second-order valence-corrected chi connectivity index (χ2v) is 6.29. The lowest BCUT2D eigenvalue weighted by Gasteiger charge is -2.20. The normalized spacial score (nSPS) is 13.8. The third kappa shape index (κ3) is 3.78. The molecule has 5 heteroatoms. The summed E-state index contributed by atoms with van der Waals surface area (Å²) in [5.41, 5.74) is 2.29. The quantitative estimate of drug-likeness (QED) is 0.742. The lowest BCUT2D eigenvalue weighted by Crippen LogP contribution is -2.37. The molecule has 5 nitrogen and oxygen atoms in total. The van der Waals surface area contributed by atoms with Crippen molar-refractivity contribution in [1.82, 2.24) is 10.4 Å². The molecule has 0 aliphatic carbocycles. The maximum Gasteiger partial charge on any atom is 0.218 e. The summed E-state index contributed by atoms with van der Waals surface area (Å²) in [6.45, 7) is 2.68. The molecule has 132 valence electrons. The Morgan fingerprint density at radius 1 is 0.962 bits per heavy atom. The van der Waals surface area contributed by atoms with Crippen LogP contribution in [0.3, 0.4) is 0 Å². The van der Waals surface area contributed by atoms with Crippen LogP contribution in [0.4, 0.5) is 0 Å². The van der Waals surface area contributed by atoms with E-state index in [0.29, 0.717) is 13.2 Å². The van der Waals surface area contributed by atoms with Crippen molar-refractivity contribution < 1.29 is 9.94 Å². The molecular formula is C21H21N3O2. The van der Waals surface area contributed by atoms with Gasteiger partial charge in [-0.1, -0.05) is 48.5 Å². The first-order valence-corrected chi connectivity index (χ1v) is 8.72. The van der Waals surface area contributed by atoms with E-state index in [0.717, 1.165) is 40.9 Å². The molecule has 3 aromatic carbocycles. The van der Waals surface area contributed by atoms with Crippen molar-refractivity contribution >= 4 is 16.7 Å². The number of fused-ring (bicyclic) bond motifs is 1. The predicted molar refractivity (Wildman–Crippen MR) is 103 cm³/mol. The van der Waals surface area contributed by atoms with E-state index in [1.165, 1.54) is 0 Å². The van der Waals surface area contributed by atoms with Crippen LogP contribution in [0.1, 0.15) is 11.1 Å². The van der Waals surface area contributed by atoms with Crippen LogP contribution in [0.5, 0.6) is 5.75 Å². The molecule has 1 aliphatic rings. The molecule has 0 amide bonds. The summed E-state index contributed by atoms with van der Waals surface area (Å²) >= 11 is 0. The van der Waals surface area contributed by atoms with Gasteiger partial charge in [0.05, 0.1) is 13.1 Å². The fraction of sp³-hybridized carbons (Fsp3) is 0.190. The Hall–Kier alpha value is -3.05. The monoisotopic (exact) mass is 347 g/mol. The zero-order chi connectivity index (χ0) is 17.8. The smallest absolute Gasteiger partial charge is 0.218 e. The van der Waals surface area contributed by atoms with Gasteiger partial charge in [-0.25, -0.2) is 10.1 Å². The van der Waals surface area contributed by atoms with Crippen LogP contribution in [0.2, 0.25) is 0 Å². The molecule has 0 atom stereocenters. The molecule has 1 heterocycles. The van der Waals surface area contributed by atoms with Crippen LogP contribution >= 0.6 is 0 Å². The number of hydroxylamine groups is 2. The second kappa shape index (κ2) is 7.45. The minimum Gasteiger partial charge on any atom is -0.508 e. The van der Waals surface area contributed by atoms with Gasteiger partial charge in [-0.3, -0.25) is 4.84 Å². The van der Waals surface area contributed by atoms with Gasteiger partial charge in [0.2, 0.25) is 5.96 Å². The summed E-state index contributed by atoms with van der Waals surface area (Å²) < 4.78 is 0. The number of hydrogen-bond acceptors (Lipinski definition) is 5. The molecule has 1 aliphatic heterocycles. The molecule has 2 N–H and O–H groups in total. The highest BCUT2D eigenvalue weighted by atomic mass is 16.7. The Morgan fingerprint density at radius 2 is 1.77 bits per heavy atom. The van der Waals surface area contributed by atoms with Crippen molar-refractivity contribution in [3.63, 3.8) is 0 Å². The number of hydrogen-bond donors (Lipinski definition) is 2. The van der Waals surface area contributed by atoms with Crippen LogP contribution in [0, 0.1) is 0 Å². The predicted octanol–water partition coefficient (Wildman–Crippen LogP) is 3.44. The molecule has 3 aromatic rings. The maximum atomic E-state index is 9.56. The zero-order valence-electron chi connectivity index (χ0n) is 14.4. The second-order valence-electron chi connectivity index (χ2n) is 6.29. The summed E-state index contributed by atoms with van der Waals surface area (Å²) in [5, 5.41) is 16.9. The Balaban J connectivity index is 1.36. The molecule has 0 aromatic heterocycles. The molecular weight excluding hydrogens is 326 g/mol. The van der Waals surface area contributed by atoms with Crippen LogP contribution in [-0.4, -0.2) is 29.2 Å². The summed E-state index contributed by atoms with van der Waals surface area (Å²) in [6.07, 6.45) is 0. The Kier molecular flexibility index (Phi) is 4.71. The number of aromatic hydroxyl groups is 1. The van der Waals surface area contributed by atoms with E-state index < -0.39 is 0 Å². The van der Waals surface area contributed by atoms with Gasteiger partial charge in [-0.2, -0.15) is 0 Å². The van der Waals surface area contributed by atoms with Gasteiger partial charge in [0.1, 0.15) is 12.4 Å². The van der Waals surface area contributed by atoms with Gasteiger partial charge in [-0.15, -0.1) is 0 Å². The first-order chi connectivity index (χ1) is 12.8. The Morgan fingerprint density at radius 3 is 2.65 bits per heavy atom. The minimum atomic E-state index is 0.287. The highest BCUT2D eigenvalue weighted by Crippen LogP contribution is 2.21. The van der Waals surface area contributed by atoms with Crippen molar-refractivity contribution in [2.24, 2.45) is 4.99 Å². The molecule has 0 saturated heterocycles. The third-order valence-electron chi connectivity index (χ3n) is 4.37. The van der Waals surface area contributed by atoms with Gasteiger partial charge < -0.3 is 10.4 Å². The highest BCUT2D eigenvalue weighted by molar-refractivity contribution is 5.85. The molecule has 0 fully saturated rings. The lowest BCUT2D eigenvalue weighted by atomic mass is 10.1. The third-order valence-corrected chi connectivity index (χ3v) is 4.37. The topological polar surface area (TPSA) is 57.1 Å². The average Bonchev–Trinajstić information content (AvgIpc) is 3.13. The number of benzene rings is 3. The van der Waals surface area contributed by atoms with Gasteiger partial charge in [-0.05, 0) is 40.1 Å². The first-order valence-electron chi connectivity index (χ1n) is 8.72. The molecule has 0 radical (unpaired) electrons. The van der Waals surface area contributed by atoms with Gasteiger partial charge in [0.25, 0.3) is 0 Å². The van der Waals surface area contributed by atoms with Crippen LogP contribution in [0.25, 0.3) is 10.8 Å². The van der Waals surface area contributed by atoms with Crippen molar-refractivity contribution in [2.45, 2.75) is 13.2 Å². The number of phenols is 1. The summed E-state index contributed by atoms with van der Waals surface area (Å²) in [7, 11) is 0. The molecule has 0 bridgehead atoms. The molecule has 0 saturated carbocycles. The van der Waals surface area contributed by atoms with E-state index in [1.807, 2.05) is 47.5 Å². The van der Waals surface area contributed by atoms with E-state index in [4.69, 9.17) is 4.84 Å². The van der Waals surface area contributed by atoms with Gasteiger partial charge in [0.15, 0.2) is 0 Å². The number of nitrogens with zero attached hydrogens (tertiary/aromatic N) is 2. The average molecular weight is 347 g/mol. The van der Waals surface area contributed by atoms with E-state index >= 15 is 0 Å². The van der Waals surface area contributed by atoms with E-state index in [9.17, 15) is 5.11 Å². The van der Waals surface area contributed by atoms with Crippen molar-refractivity contribution in [3.8, 4) is 5.75 Å². The van der Waals surface area contributed by atoms with E-state index in [2.05, 4.69) is 22.4 Å². The zero-order valence-corrected chi connectivity index (χ0v) is 14.4. The molecule has 4 rings (SSSR count). The van der Waals surface area contributed by atoms with E-state index in [1.54, 1.807) is 12.1 Å². The van der Waals surface area contributed by atoms with Crippen LogP contribution < -0.4 is 5.32 Å². The van der Waals surface area contributed by atoms with Gasteiger partial charge >= 0.3 is 0 Å². The van der Waals surface area contributed by atoms with Crippen molar-refractivity contribution in [1.29, 1.82) is 0 Å². The summed E-state index contributed by atoms with van der Waals surface area (Å²) in [4.78, 5) is 10.4. The number of guanidine groups is 1. The van der Waals surface area contributed by atoms with Gasteiger partial charge in [0, 0.05) is 6.54 Å². The summed E-state index contributed by atoms with van der Waals surface area (Å²) in [6, 6.07) is 21.7. The molecule has 0 spiro atoms. The summed E-state index contributed by atoms with van der Waals surface area (Å²) in [5.74, 6) is 1.06. The number of phenolic OH excluding ortho intramolecular Hbond substituents is 1. The number of aliphatic imine (C=N–C) groups is 1. The minimum absolute atomic E-state index is 0.287. The molecule has 26 heavy (non-hydrogen) atoms. The van der Waals surface area contributed by atoms with E-state index in [-0.39, 0.29) is 5.75 Å². The van der Waals surface area contributed by atoms with Crippen LogP contribution in [-0.2, 0) is 18.0 Å². The highest BCUT2D eigenvalue weighted by Gasteiger charge is 2.17. The van der Waals surface area contributed by atoms with Crippen LogP contribution in [0.15, 0.2) is 71.7 Å². The lowest BCUT2D eigenvalue weighted by molar-refractivity contribution is -0.106. The Bertz CT molecular complexity index is 925. The van der Waals surface area contributed by atoms with Crippen molar-refractivity contribution in [2.75, 3.05) is 13.1 Å². The standard InChI is InChI=1S/C21H21N3O2/c25-20-9-8-18-12-17(6-7-19(18)13-20)14-23-21-22-10-11-24(21)26-15-16-4-2-1-3-5-16/h1-9,12-13,25H,10-11,14-15H2,(H,22,23). The first kappa shape index (κ1) is 16.4. The fourth-order valence-electron chi connectivity index (χ4n) is 3.00. The van der Waals surface area contributed by atoms with Crippen molar-refractivity contribution in [3.05, 3.63) is 77.9 Å². The number of rotatable bonds is 5. The largest absolute Gasteiger partial charge is 0.508 e. The molecule has 0 unspecified atom stereocenters. The maximum absolute atomic E-state index is 9.56. The Labute approximate surface area is 152 Å². The number of nitrogens with one attached hydrogen (secondary N) is 1. The SMILES string of the molecule is Oc1ccc2cc(CNC3=NCCN3OCc3ccccc3)ccc2c1. The fourth-order valence-corrected chi connectivity index (χ4v) is 3.00.